The van der Waals surface area contributed by atoms with Gasteiger partial charge < -0.3 is 24.2 Å². The van der Waals surface area contributed by atoms with E-state index in [0.29, 0.717) is 11.3 Å². The minimum Gasteiger partial charge on any atom is -0.406 e. The Bertz CT molecular complexity index is 787. The van der Waals surface area contributed by atoms with Crippen molar-refractivity contribution >= 4 is 17.9 Å². The lowest BCUT2D eigenvalue weighted by Gasteiger charge is -2.25. The molecule has 0 radical (unpaired) electrons. The number of allylic oxidation sites excluding steroid dienone is 1. The molecule has 0 saturated heterocycles. The summed E-state index contributed by atoms with van der Waals surface area (Å²) in [4.78, 5) is 38.4. The third kappa shape index (κ3) is 4.02. The SMILES string of the molecule is CN(C)C(=O)Oc1cc2c(cc1OC(=O)N(C)C)N(C)C=C([N+](=O)[O-])C2. The average molecular weight is 364 g/mol. The van der Waals surface area contributed by atoms with Crippen LogP contribution in [0.4, 0.5) is 15.3 Å². The lowest BCUT2D eigenvalue weighted by molar-refractivity contribution is -0.427. The standard InChI is InChI=1S/C16H20N4O6/c1-17(2)15(21)25-13-7-10-6-11(20(23)24)9-19(5)12(10)8-14(13)26-16(22)18(3)4/h7-9H,6H2,1-5H3. The topological polar surface area (TPSA) is 105 Å². The molecular formula is C16H20N4O6. The summed E-state index contributed by atoms with van der Waals surface area (Å²) in [6, 6.07) is 2.99. The maximum Gasteiger partial charge on any atom is 0.414 e. The van der Waals surface area contributed by atoms with Gasteiger partial charge in [0.2, 0.25) is 0 Å². The van der Waals surface area contributed by atoms with Gasteiger partial charge in [0.05, 0.1) is 17.5 Å². The van der Waals surface area contributed by atoms with Crippen molar-refractivity contribution in [3.8, 4) is 11.5 Å². The van der Waals surface area contributed by atoms with Crippen LogP contribution in [0.15, 0.2) is 24.0 Å². The summed E-state index contributed by atoms with van der Waals surface area (Å²) in [6.07, 6.45) is 0.139. The molecule has 0 bridgehead atoms. The Morgan fingerprint density at radius 2 is 1.58 bits per heavy atom. The van der Waals surface area contributed by atoms with Crippen molar-refractivity contribution in [3.63, 3.8) is 0 Å². The summed E-state index contributed by atoms with van der Waals surface area (Å²) in [5.74, 6) is 0.0538. The zero-order valence-electron chi connectivity index (χ0n) is 15.2. The predicted octanol–water partition coefficient (Wildman–Crippen LogP) is 1.92. The fraction of sp³-hybridized carbons (Fsp3) is 0.375. The summed E-state index contributed by atoms with van der Waals surface area (Å²) in [5, 5.41) is 11.1. The Morgan fingerprint density at radius 1 is 1.08 bits per heavy atom. The first-order valence-corrected chi connectivity index (χ1v) is 7.63. The highest BCUT2D eigenvalue weighted by Crippen LogP contribution is 2.39. The number of carbonyl (C=O) groups is 2. The molecule has 0 spiro atoms. The summed E-state index contributed by atoms with van der Waals surface area (Å²) in [7, 11) is 7.70. The Kier molecular flexibility index (Phi) is 5.34. The first kappa shape index (κ1) is 19.0. The van der Waals surface area contributed by atoms with Gasteiger partial charge in [-0.2, -0.15) is 0 Å². The highest BCUT2D eigenvalue weighted by atomic mass is 16.6. The van der Waals surface area contributed by atoms with Gasteiger partial charge in [-0.1, -0.05) is 0 Å². The predicted molar refractivity (Wildman–Crippen MR) is 93.0 cm³/mol. The molecule has 2 rings (SSSR count). The van der Waals surface area contributed by atoms with Crippen molar-refractivity contribution < 1.29 is 24.0 Å². The molecule has 10 nitrogen and oxygen atoms in total. The molecule has 0 N–H and O–H groups in total. The third-order valence-electron chi connectivity index (χ3n) is 3.60. The maximum absolute atomic E-state index is 11.9. The summed E-state index contributed by atoms with van der Waals surface area (Å²) < 4.78 is 10.6. The van der Waals surface area contributed by atoms with Gasteiger partial charge in [0, 0.05) is 47.0 Å². The molecule has 2 amide bonds. The third-order valence-corrected chi connectivity index (χ3v) is 3.60. The van der Waals surface area contributed by atoms with Crippen molar-refractivity contribution in [2.45, 2.75) is 6.42 Å². The molecule has 0 fully saturated rings. The highest BCUT2D eigenvalue weighted by Gasteiger charge is 2.26. The van der Waals surface area contributed by atoms with Crippen LogP contribution in [0.3, 0.4) is 0 Å². The monoisotopic (exact) mass is 364 g/mol. The van der Waals surface area contributed by atoms with E-state index in [4.69, 9.17) is 9.47 Å². The minimum absolute atomic E-state index is 0.00271. The van der Waals surface area contributed by atoms with E-state index in [1.807, 2.05) is 0 Å². The van der Waals surface area contributed by atoms with Gasteiger partial charge in [0.25, 0.3) is 5.70 Å². The number of benzene rings is 1. The second-order valence-electron chi connectivity index (χ2n) is 6.12. The van der Waals surface area contributed by atoms with Crippen LogP contribution in [-0.2, 0) is 6.42 Å². The fourth-order valence-corrected chi connectivity index (χ4v) is 2.24. The zero-order chi connectivity index (χ0) is 19.6. The van der Waals surface area contributed by atoms with Crippen molar-refractivity contribution in [1.82, 2.24) is 9.80 Å². The largest absolute Gasteiger partial charge is 0.414 e. The zero-order valence-corrected chi connectivity index (χ0v) is 15.2. The number of carbonyl (C=O) groups excluding carboxylic acids is 2. The van der Waals surface area contributed by atoms with Crippen molar-refractivity contribution in [2.75, 3.05) is 40.1 Å². The lowest BCUT2D eigenvalue weighted by Crippen LogP contribution is -2.28. The number of nitro groups is 1. The van der Waals surface area contributed by atoms with E-state index in [0.717, 1.165) is 0 Å². The van der Waals surface area contributed by atoms with E-state index in [9.17, 15) is 19.7 Å². The van der Waals surface area contributed by atoms with Gasteiger partial charge in [-0.05, 0) is 11.6 Å². The van der Waals surface area contributed by atoms with E-state index < -0.39 is 17.1 Å². The maximum atomic E-state index is 11.9. The van der Waals surface area contributed by atoms with Gasteiger partial charge in [-0.25, -0.2) is 9.59 Å². The molecule has 0 unspecified atom stereocenters. The van der Waals surface area contributed by atoms with Gasteiger partial charge in [-0.3, -0.25) is 10.1 Å². The Balaban J connectivity index is 2.48. The van der Waals surface area contributed by atoms with E-state index in [2.05, 4.69) is 0 Å². The molecule has 0 atom stereocenters. The first-order valence-electron chi connectivity index (χ1n) is 7.63. The number of nitrogens with zero attached hydrogens (tertiary/aromatic N) is 4. The first-order chi connectivity index (χ1) is 12.1. The van der Waals surface area contributed by atoms with Gasteiger partial charge in [-0.15, -0.1) is 0 Å². The summed E-state index contributed by atoms with van der Waals surface area (Å²) in [6.45, 7) is 0. The number of amides is 2. The van der Waals surface area contributed by atoms with Gasteiger partial charge in [0.1, 0.15) is 0 Å². The van der Waals surface area contributed by atoms with Crippen LogP contribution in [0.1, 0.15) is 5.56 Å². The Labute approximate surface area is 150 Å². The molecule has 10 heteroatoms. The molecule has 140 valence electrons. The van der Waals surface area contributed by atoms with Gasteiger partial charge >= 0.3 is 12.2 Å². The van der Waals surface area contributed by atoms with Crippen LogP contribution in [-0.4, -0.2) is 62.1 Å². The lowest BCUT2D eigenvalue weighted by atomic mass is 10.0. The van der Waals surface area contributed by atoms with E-state index >= 15 is 0 Å². The van der Waals surface area contributed by atoms with Crippen LogP contribution < -0.4 is 14.4 Å². The number of hydrogen-bond donors (Lipinski definition) is 0. The molecule has 1 aromatic rings. The number of anilines is 1. The summed E-state index contributed by atoms with van der Waals surface area (Å²) >= 11 is 0. The summed E-state index contributed by atoms with van der Waals surface area (Å²) in [5.41, 5.74) is 1.19. The van der Waals surface area contributed by atoms with Crippen molar-refractivity contribution in [2.24, 2.45) is 0 Å². The van der Waals surface area contributed by atoms with Gasteiger partial charge in [0.15, 0.2) is 11.5 Å². The van der Waals surface area contributed by atoms with Crippen LogP contribution in [0, 0.1) is 10.1 Å². The molecule has 0 aliphatic carbocycles. The molecule has 26 heavy (non-hydrogen) atoms. The average Bonchev–Trinajstić information content (AvgIpc) is 2.55. The fourth-order valence-electron chi connectivity index (χ4n) is 2.24. The van der Waals surface area contributed by atoms with Crippen LogP contribution in [0.2, 0.25) is 0 Å². The molecule has 0 aromatic heterocycles. The Hall–Kier alpha value is -3.30. The molecule has 0 saturated carbocycles. The van der Waals surface area contributed by atoms with E-state index in [1.54, 1.807) is 11.9 Å². The second-order valence-corrected chi connectivity index (χ2v) is 6.12. The number of rotatable bonds is 3. The van der Waals surface area contributed by atoms with Crippen molar-refractivity contribution in [1.29, 1.82) is 0 Å². The molecule has 1 aromatic carbocycles. The molecule has 1 aliphatic heterocycles. The van der Waals surface area contributed by atoms with Crippen LogP contribution in [0.5, 0.6) is 11.5 Å². The van der Waals surface area contributed by atoms with Crippen LogP contribution in [0.25, 0.3) is 0 Å². The number of hydrogen-bond acceptors (Lipinski definition) is 7. The highest BCUT2D eigenvalue weighted by molar-refractivity contribution is 5.77. The molecule has 1 aliphatic rings. The second kappa shape index (κ2) is 7.30. The van der Waals surface area contributed by atoms with Crippen molar-refractivity contribution in [3.05, 3.63) is 39.7 Å². The number of ether oxygens (including phenoxy) is 2. The molecular weight excluding hydrogens is 344 g/mol. The smallest absolute Gasteiger partial charge is 0.406 e. The Morgan fingerprint density at radius 3 is 2.04 bits per heavy atom. The van der Waals surface area contributed by atoms with Crippen LogP contribution >= 0.6 is 0 Å². The normalized spacial score (nSPS) is 12.7. The van der Waals surface area contributed by atoms with E-state index in [-0.39, 0.29) is 23.6 Å². The quantitative estimate of drug-likeness (QED) is 0.596. The van der Waals surface area contributed by atoms with E-state index in [1.165, 1.54) is 56.3 Å². The number of fused-ring (bicyclic) bond motifs is 1. The molecule has 1 heterocycles. The minimum atomic E-state index is -0.665.